The monoisotopic (exact) mass is 298 g/mol. The van der Waals surface area contributed by atoms with Crippen LogP contribution in [0.2, 0.25) is 0 Å². The predicted octanol–water partition coefficient (Wildman–Crippen LogP) is 1.26. The van der Waals surface area contributed by atoms with Crippen molar-refractivity contribution in [3.63, 3.8) is 0 Å². The van der Waals surface area contributed by atoms with Crippen molar-refractivity contribution >= 4 is 27.7 Å². The molecule has 0 saturated carbocycles. The molecule has 1 fully saturated rings. The molecule has 2 rings (SSSR count). The first kappa shape index (κ1) is 12.3. The van der Waals surface area contributed by atoms with Crippen molar-refractivity contribution < 1.29 is 4.79 Å². The minimum Gasteiger partial charge on any atom is -0.353 e. The quantitative estimate of drug-likeness (QED) is 0.835. The Kier molecular flexibility index (Phi) is 3.61. The second-order valence-electron chi connectivity index (χ2n) is 4.00. The highest BCUT2D eigenvalue weighted by Gasteiger charge is 2.29. The molecule has 0 radical (unpaired) electrons. The van der Waals surface area contributed by atoms with E-state index in [9.17, 15) is 4.79 Å². The number of carbonyl (C=O) groups excluding carboxylic acids is 1. The summed E-state index contributed by atoms with van der Waals surface area (Å²) in [6, 6.07) is 1.72. The van der Waals surface area contributed by atoms with E-state index in [1.807, 2.05) is 24.8 Å². The molecule has 92 valence electrons. The summed E-state index contributed by atoms with van der Waals surface area (Å²) in [4.78, 5) is 22.4. The minimum absolute atomic E-state index is 0.0751. The molecule has 0 aromatic carbocycles. The molecule has 6 heteroatoms. The summed E-state index contributed by atoms with van der Waals surface area (Å²) >= 11 is 3.36. The fourth-order valence-electron chi connectivity index (χ4n) is 2.06. The zero-order valence-electron chi connectivity index (χ0n) is 9.90. The van der Waals surface area contributed by atoms with Crippen LogP contribution in [0, 0.1) is 6.92 Å². The van der Waals surface area contributed by atoms with Gasteiger partial charge < -0.3 is 10.2 Å². The number of nitrogens with zero attached hydrogens (tertiary/aromatic N) is 3. The summed E-state index contributed by atoms with van der Waals surface area (Å²) in [6.45, 7) is 5.30. The third-order valence-electron chi connectivity index (χ3n) is 2.80. The van der Waals surface area contributed by atoms with Gasteiger partial charge in [0.05, 0.1) is 0 Å². The van der Waals surface area contributed by atoms with Crippen LogP contribution in [0.5, 0.6) is 0 Å². The third kappa shape index (κ3) is 2.57. The van der Waals surface area contributed by atoms with Crippen molar-refractivity contribution in [1.29, 1.82) is 0 Å². The molecule has 17 heavy (non-hydrogen) atoms. The molecule has 1 saturated heterocycles. The van der Waals surface area contributed by atoms with E-state index in [4.69, 9.17) is 0 Å². The smallest absolute Gasteiger partial charge is 0.242 e. The molecule has 1 aromatic heterocycles. The minimum atomic E-state index is -0.134. The lowest BCUT2D eigenvalue weighted by Crippen LogP contribution is -2.55. The standard InChI is InChI=1S/C11H15BrN4O/c1-3-8-11(17)13-4-5-16(8)10-6-9(12)14-7(2)15-10/h6,8H,3-5H2,1-2H3,(H,13,17). The fraction of sp³-hybridized carbons (Fsp3) is 0.545. The van der Waals surface area contributed by atoms with E-state index in [-0.39, 0.29) is 11.9 Å². The molecule has 0 aliphatic carbocycles. The number of aromatic nitrogens is 2. The number of rotatable bonds is 2. The van der Waals surface area contributed by atoms with Crippen LogP contribution in [0.1, 0.15) is 19.2 Å². The first-order valence-electron chi connectivity index (χ1n) is 5.67. The Balaban J connectivity index is 2.33. The molecule has 5 nitrogen and oxygen atoms in total. The number of nitrogens with one attached hydrogen (secondary N) is 1. The number of anilines is 1. The van der Waals surface area contributed by atoms with Gasteiger partial charge in [-0.25, -0.2) is 9.97 Å². The molecule has 0 bridgehead atoms. The van der Waals surface area contributed by atoms with Crippen molar-refractivity contribution in [1.82, 2.24) is 15.3 Å². The van der Waals surface area contributed by atoms with Crippen molar-refractivity contribution in [3.05, 3.63) is 16.5 Å². The normalized spacial score (nSPS) is 20.3. The van der Waals surface area contributed by atoms with Crippen molar-refractivity contribution in [2.45, 2.75) is 26.3 Å². The Morgan fingerprint density at radius 3 is 3.00 bits per heavy atom. The average Bonchev–Trinajstić information content (AvgIpc) is 2.27. The third-order valence-corrected chi connectivity index (χ3v) is 3.21. The van der Waals surface area contributed by atoms with Crippen LogP contribution >= 0.6 is 15.9 Å². The van der Waals surface area contributed by atoms with E-state index in [1.165, 1.54) is 0 Å². The van der Waals surface area contributed by atoms with Crippen LogP contribution in [0.15, 0.2) is 10.7 Å². The van der Waals surface area contributed by atoms with Gasteiger partial charge in [-0.2, -0.15) is 0 Å². The van der Waals surface area contributed by atoms with Crippen molar-refractivity contribution in [2.24, 2.45) is 0 Å². The van der Waals surface area contributed by atoms with Crippen molar-refractivity contribution in [3.8, 4) is 0 Å². The molecule has 1 N–H and O–H groups in total. The van der Waals surface area contributed by atoms with Gasteiger partial charge in [0, 0.05) is 19.2 Å². The zero-order chi connectivity index (χ0) is 12.4. The summed E-state index contributed by atoms with van der Waals surface area (Å²) in [6.07, 6.45) is 0.770. The molecule has 1 aliphatic heterocycles. The number of hydrogen-bond donors (Lipinski definition) is 1. The molecule has 1 aromatic rings. The lowest BCUT2D eigenvalue weighted by Gasteiger charge is -2.35. The topological polar surface area (TPSA) is 58.1 Å². The van der Waals surface area contributed by atoms with Crippen LogP contribution in [-0.4, -0.2) is 35.0 Å². The van der Waals surface area contributed by atoms with Gasteiger partial charge in [0.15, 0.2) is 0 Å². The van der Waals surface area contributed by atoms with Crippen LogP contribution in [0.3, 0.4) is 0 Å². The van der Waals surface area contributed by atoms with E-state index in [0.717, 1.165) is 23.4 Å². The Labute approximate surface area is 109 Å². The summed E-state index contributed by atoms with van der Waals surface area (Å²) in [5.74, 6) is 1.59. The van der Waals surface area contributed by atoms with Gasteiger partial charge in [-0.05, 0) is 29.3 Å². The van der Waals surface area contributed by atoms with Crippen molar-refractivity contribution in [2.75, 3.05) is 18.0 Å². The van der Waals surface area contributed by atoms with E-state index in [0.29, 0.717) is 12.4 Å². The number of hydrogen-bond acceptors (Lipinski definition) is 4. The highest BCUT2D eigenvalue weighted by molar-refractivity contribution is 9.10. The molecule has 2 heterocycles. The first-order chi connectivity index (χ1) is 8.11. The van der Waals surface area contributed by atoms with Gasteiger partial charge in [-0.3, -0.25) is 4.79 Å². The van der Waals surface area contributed by atoms with Crippen LogP contribution < -0.4 is 10.2 Å². The second kappa shape index (κ2) is 5.00. The Hall–Kier alpha value is -1.17. The largest absolute Gasteiger partial charge is 0.353 e. The van der Waals surface area contributed by atoms with Gasteiger partial charge in [0.1, 0.15) is 22.3 Å². The maximum Gasteiger partial charge on any atom is 0.242 e. The summed E-state index contributed by atoms with van der Waals surface area (Å²) in [5.41, 5.74) is 0. The lowest BCUT2D eigenvalue weighted by atomic mass is 10.1. The average molecular weight is 299 g/mol. The SMILES string of the molecule is CCC1C(=O)NCCN1c1cc(Br)nc(C)n1. The summed E-state index contributed by atoms with van der Waals surface area (Å²) in [5, 5.41) is 2.88. The molecule has 0 spiro atoms. The number of halogens is 1. The summed E-state index contributed by atoms with van der Waals surface area (Å²) in [7, 11) is 0. The van der Waals surface area contributed by atoms with Crippen LogP contribution in [0.4, 0.5) is 5.82 Å². The first-order valence-corrected chi connectivity index (χ1v) is 6.46. The van der Waals surface area contributed by atoms with Crippen LogP contribution in [-0.2, 0) is 4.79 Å². The predicted molar refractivity (Wildman–Crippen MR) is 68.9 cm³/mol. The Morgan fingerprint density at radius 2 is 2.35 bits per heavy atom. The molecular weight excluding hydrogens is 284 g/mol. The molecule has 1 unspecified atom stereocenters. The van der Waals surface area contributed by atoms with Gasteiger partial charge in [0.25, 0.3) is 0 Å². The molecule has 1 amide bonds. The molecule has 1 atom stereocenters. The van der Waals surface area contributed by atoms with Gasteiger partial charge in [-0.1, -0.05) is 6.92 Å². The van der Waals surface area contributed by atoms with E-state index >= 15 is 0 Å². The molecular formula is C11H15BrN4O. The van der Waals surface area contributed by atoms with Gasteiger partial charge in [-0.15, -0.1) is 0 Å². The second-order valence-corrected chi connectivity index (χ2v) is 4.82. The Morgan fingerprint density at radius 1 is 1.59 bits per heavy atom. The van der Waals surface area contributed by atoms with Crippen LogP contribution in [0.25, 0.3) is 0 Å². The number of carbonyl (C=O) groups is 1. The fourth-order valence-corrected chi connectivity index (χ4v) is 2.52. The number of aryl methyl sites for hydroxylation is 1. The molecule has 1 aliphatic rings. The zero-order valence-corrected chi connectivity index (χ0v) is 11.5. The highest BCUT2D eigenvalue weighted by Crippen LogP contribution is 2.21. The number of piperazine rings is 1. The number of amides is 1. The lowest BCUT2D eigenvalue weighted by molar-refractivity contribution is -0.123. The van der Waals surface area contributed by atoms with Gasteiger partial charge in [0.2, 0.25) is 5.91 Å². The highest BCUT2D eigenvalue weighted by atomic mass is 79.9. The van der Waals surface area contributed by atoms with E-state index < -0.39 is 0 Å². The Bertz CT molecular complexity index is 417. The maximum absolute atomic E-state index is 11.8. The van der Waals surface area contributed by atoms with E-state index in [1.54, 1.807) is 0 Å². The van der Waals surface area contributed by atoms with E-state index in [2.05, 4.69) is 31.2 Å². The maximum atomic E-state index is 11.8. The summed E-state index contributed by atoms with van der Waals surface area (Å²) < 4.78 is 0.751. The van der Waals surface area contributed by atoms with Gasteiger partial charge >= 0.3 is 0 Å².